The minimum atomic E-state index is -0.0906. The van der Waals surface area contributed by atoms with Crippen LogP contribution in [0.3, 0.4) is 0 Å². The SMILES string of the molecule is COc1ccc(OC2CCN(C(=O)c3ccc(Cn4ccnc4)cc3)C2)nn1. The molecule has 1 fully saturated rings. The van der Waals surface area contributed by atoms with Gasteiger partial charge in [-0.2, -0.15) is 0 Å². The second kappa shape index (κ2) is 8.08. The Morgan fingerprint density at radius 1 is 1.14 bits per heavy atom. The van der Waals surface area contributed by atoms with Crippen LogP contribution >= 0.6 is 0 Å². The smallest absolute Gasteiger partial charge is 0.253 e. The summed E-state index contributed by atoms with van der Waals surface area (Å²) in [5.74, 6) is 0.886. The first-order valence-corrected chi connectivity index (χ1v) is 9.09. The Kier molecular flexibility index (Phi) is 5.18. The van der Waals surface area contributed by atoms with Gasteiger partial charge in [0.15, 0.2) is 0 Å². The minimum Gasteiger partial charge on any atom is -0.480 e. The number of hydrogen-bond donors (Lipinski definition) is 0. The average Bonchev–Trinajstić information content (AvgIpc) is 3.41. The number of hydrogen-bond acceptors (Lipinski definition) is 6. The minimum absolute atomic E-state index is 0.0149. The van der Waals surface area contributed by atoms with Crippen molar-refractivity contribution in [2.24, 2.45) is 0 Å². The molecule has 1 aliphatic rings. The van der Waals surface area contributed by atoms with Crippen molar-refractivity contribution in [2.75, 3.05) is 20.2 Å². The molecule has 3 aromatic rings. The van der Waals surface area contributed by atoms with E-state index >= 15 is 0 Å². The number of carbonyl (C=O) groups excluding carboxylic acids is 1. The third-order valence-corrected chi connectivity index (χ3v) is 4.67. The largest absolute Gasteiger partial charge is 0.480 e. The molecule has 1 aromatic carbocycles. The van der Waals surface area contributed by atoms with Crippen LogP contribution in [0.1, 0.15) is 22.3 Å². The molecule has 1 atom stereocenters. The summed E-state index contributed by atoms with van der Waals surface area (Å²) in [6, 6.07) is 11.1. The second-order valence-electron chi connectivity index (χ2n) is 6.63. The fraction of sp³-hybridized carbons (Fsp3) is 0.300. The zero-order valence-corrected chi connectivity index (χ0v) is 15.6. The molecular formula is C20H21N5O3. The van der Waals surface area contributed by atoms with E-state index in [1.54, 1.807) is 24.7 Å². The molecule has 1 saturated heterocycles. The van der Waals surface area contributed by atoms with E-state index in [4.69, 9.17) is 9.47 Å². The molecular weight excluding hydrogens is 358 g/mol. The van der Waals surface area contributed by atoms with Crippen molar-refractivity contribution >= 4 is 5.91 Å². The van der Waals surface area contributed by atoms with Gasteiger partial charge in [0.25, 0.3) is 5.91 Å². The lowest BCUT2D eigenvalue weighted by atomic mass is 10.1. The van der Waals surface area contributed by atoms with Gasteiger partial charge in [0.1, 0.15) is 6.10 Å². The number of carbonyl (C=O) groups is 1. The summed E-state index contributed by atoms with van der Waals surface area (Å²) in [4.78, 5) is 18.6. The predicted molar refractivity (Wildman–Crippen MR) is 101 cm³/mol. The van der Waals surface area contributed by atoms with Crippen molar-refractivity contribution in [3.63, 3.8) is 0 Å². The van der Waals surface area contributed by atoms with Gasteiger partial charge in [-0.15, -0.1) is 10.2 Å². The predicted octanol–water partition coefficient (Wildman–Crippen LogP) is 2.02. The first-order valence-electron chi connectivity index (χ1n) is 9.09. The average molecular weight is 379 g/mol. The number of likely N-dealkylation sites (tertiary alicyclic amines) is 1. The first kappa shape index (κ1) is 18.0. The van der Waals surface area contributed by atoms with Crippen molar-refractivity contribution in [3.05, 3.63) is 66.2 Å². The van der Waals surface area contributed by atoms with Gasteiger partial charge in [-0.25, -0.2) is 4.98 Å². The molecule has 28 heavy (non-hydrogen) atoms. The van der Waals surface area contributed by atoms with E-state index in [1.807, 2.05) is 39.9 Å². The lowest BCUT2D eigenvalue weighted by molar-refractivity contribution is 0.0771. The zero-order valence-electron chi connectivity index (χ0n) is 15.6. The molecule has 144 valence electrons. The Morgan fingerprint density at radius 3 is 2.61 bits per heavy atom. The molecule has 0 radical (unpaired) electrons. The van der Waals surface area contributed by atoms with E-state index in [1.165, 1.54) is 7.11 Å². The maximum absolute atomic E-state index is 12.8. The van der Waals surface area contributed by atoms with E-state index in [0.29, 0.717) is 30.4 Å². The van der Waals surface area contributed by atoms with Gasteiger partial charge in [0.2, 0.25) is 11.8 Å². The Hall–Kier alpha value is -3.42. The monoisotopic (exact) mass is 379 g/mol. The summed E-state index contributed by atoms with van der Waals surface area (Å²) in [6.07, 6.45) is 6.11. The van der Waals surface area contributed by atoms with E-state index < -0.39 is 0 Å². The molecule has 8 heteroatoms. The Balaban J connectivity index is 1.33. The number of aromatic nitrogens is 4. The van der Waals surface area contributed by atoms with Crippen molar-refractivity contribution in [3.8, 4) is 11.8 Å². The van der Waals surface area contributed by atoms with Crippen LogP contribution in [-0.2, 0) is 6.54 Å². The Bertz CT molecular complexity index is 910. The number of ether oxygens (including phenoxy) is 2. The van der Waals surface area contributed by atoms with Crippen LogP contribution in [0.2, 0.25) is 0 Å². The van der Waals surface area contributed by atoms with Gasteiger partial charge >= 0.3 is 0 Å². The number of methoxy groups -OCH3 is 1. The third kappa shape index (κ3) is 4.11. The van der Waals surface area contributed by atoms with Gasteiger partial charge in [-0.3, -0.25) is 4.79 Å². The van der Waals surface area contributed by atoms with Gasteiger partial charge < -0.3 is 18.9 Å². The molecule has 1 unspecified atom stereocenters. The molecule has 0 spiro atoms. The maximum atomic E-state index is 12.8. The summed E-state index contributed by atoms with van der Waals surface area (Å²) in [5.41, 5.74) is 1.80. The highest BCUT2D eigenvalue weighted by atomic mass is 16.5. The maximum Gasteiger partial charge on any atom is 0.253 e. The van der Waals surface area contributed by atoms with Crippen molar-refractivity contribution < 1.29 is 14.3 Å². The summed E-state index contributed by atoms with van der Waals surface area (Å²) in [6.45, 7) is 1.92. The van der Waals surface area contributed by atoms with E-state index in [-0.39, 0.29) is 12.0 Å². The molecule has 2 aromatic heterocycles. The molecule has 0 N–H and O–H groups in total. The molecule has 0 saturated carbocycles. The standard InChI is InChI=1S/C20H21N5O3/c1-27-18-6-7-19(23-22-18)28-17-8-10-25(13-17)20(26)16-4-2-15(3-5-16)12-24-11-9-21-14-24/h2-7,9,11,14,17H,8,10,12-13H2,1H3. The summed E-state index contributed by atoms with van der Waals surface area (Å²) in [5, 5.41) is 7.87. The number of nitrogens with zero attached hydrogens (tertiary/aromatic N) is 5. The van der Waals surface area contributed by atoms with Crippen LogP contribution in [-0.4, -0.2) is 56.9 Å². The summed E-state index contributed by atoms with van der Waals surface area (Å²) in [7, 11) is 1.54. The van der Waals surface area contributed by atoms with Crippen LogP contribution in [0.5, 0.6) is 11.8 Å². The normalized spacial score (nSPS) is 16.2. The molecule has 1 aliphatic heterocycles. The highest BCUT2D eigenvalue weighted by Gasteiger charge is 2.28. The molecule has 8 nitrogen and oxygen atoms in total. The van der Waals surface area contributed by atoms with Crippen LogP contribution in [0, 0.1) is 0 Å². The summed E-state index contributed by atoms with van der Waals surface area (Å²) >= 11 is 0. The zero-order chi connectivity index (χ0) is 19.3. The van der Waals surface area contributed by atoms with E-state index in [9.17, 15) is 4.79 Å². The Labute approximate surface area is 162 Å². The molecule has 1 amide bonds. The first-order chi connectivity index (χ1) is 13.7. The Morgan fingerprint density at radius 2 is 1.93 bits per heavy atom. The van der Waals surface area contributed by atoms with Crippen molar-refractivity contribution in [1.82, 2.24) is 24.6 Å². The quantitative estimate of drug-likeness (QED) is 0.652. The van der Waals surface area contributed by atoms with Gasteiger partial charge in [-0.05, 0) is 17.7 Å². The van der Waals surface area contributed by atoms with E-state index in [0.717, 1.165) is 18.5 Å². The molecule has 0 bridgehead atoms. The topological polar surface area (TPSA) is 82.4 Å². The number of amides is 1. The highest BCUT2D eigenvalue weighted by molar-refractivity contribution is 5.94. The third-order valence-electron chi connectivity index (χ3n) is 4.67. The molecule has 4 rings (SSSR count). The lowest BCUT2D eigenvalue weighted by Crippen LogP contribution is -2.31. The van der Waals surface area contributed by atoms with Crippen LogP contribution < -0.4 is 9.47 Å². The van der Waals surface area contributed by atoms with Crippen LogP contribution in [0.4, 0.5) is 0 Å². The van der Waals surface area contributed by atoms with Gasteiger partial charge in [0.05, 0.1) is 20.0 Å². The number of imidazole rings is 1. The van der Waals surface area contributed by atoms with Crippen molar-refractivity contribution in [1.29, 1.82) is 0 Å². The molecule has 0 aliphatic carbocycles. The highest BCUT2D eigenvalue weighted by Crippen LogP contribution is 2.19. The lowest BCUT2D eigenvalue weighted by Gasteiger charge is -2.17. The fourth-order valence-corrected chi connectivity index (χ4v) is 3.19. The van der Waals surface area contributed by atoms with Crippen molar-refractivity contribution in [2.45, 2.75) is 19.1 Å². The summed E-state index contributed by atoms with van der Waals surface area (Å²) < 4.78 is 12.8. The molecule has 3 heterocycles. The van der Waals surface area contributed by atoms with Gasteiger partial charge in [-0.1, -0.05) is 12.1 Å². The van der Waals surface area contributed by atoms with Crippen LogP contribution in [0.15, 0.2) is 55.1 Å². The fourth-order valence-electron chi connectivity index (χ4n) is 3.19. The number of rotatable bonds is 6. The van der Waals surface area contributed by atoms with E-state index in [2.05, 4.69) is 15.2 Å². The van der Waals surface area contributed by atoms with Gasteiger partial charge in [0, 0.05) is 49.6 Å². The second-order valence-corrected chi connectivity index (χ2v) is 6.63. The number of benzene rings is 1. The van der Waals surface area contributed by atoms with Crippen LogP contribution in [0.25, 0.3) is 0 Å².